The van der Waals surface area contributed by atoms with Crippen molar-refractivity contribution in [2.24, 2.45) is 5.92 Å². The van der Waals surface area contributed by atoms with E-state index in [9.17, 15) is 14.9 Å². The predicted molar refractivity (Wildman–Crippen MR) is 158 cm³/mol. The fourth-order valence-corrected chi connectivity index (χ4v) is 5.23. The molecule has 0 spiro atoms. The number of aromatic nitrogens is 1. The highest BCUT2D eigenvalue weighted by Crippen LogP contribution is 2.32. The number of amides is 3. The topological polar surface area (TPSA) is 119 Å². The fraction of sp³-hybridized carbons (Fsp3) is 0.355. The van der Waals surface area contributed by atoms with Crippen LogP contribution in [-0.2, 0) is 9.53 Å². The van der Waals surface area contributed by atoms with Crippen molar-refractivity contribution in [2.45, 2.75) is 44.4 Å². The SMILES string of the molecule is CCO[C@@H]1C[C@H](C(=O)Nc2cc([C@H](NCC3CC3)c3cccc(C#N)c3)ccc2F)N(C(=O)Nc2ccc(Cl)cn2)C1. The van der Waals surface area contributed by atoms with Crippen LogP contribution in [0.15, 0.2) is 60.8 Å². The van der Waals surface area contributed by atoms with E-state index in [4.69, 9.17) is 16.3 Å². The lowest BCUT2D eigenvalue weighted by Crippen LogP contribution is -2.45. The molecule has 2 aliphatic rings. The van der Waals surface area contributed by atoms with Crippen LogP contribution in [0.4, 0.5) is 20.7 Å². The molecule has 2 heterocycles. The number of rotatable bonds is 10. The number of benzene rings is 2. The molecule has 2 aromatic carbocycles. The minimum atomic E-state index is -0.895. The molecule has 218 valence electrons. The summed E-state index contributed by atoms with van der Waals surface area (Å²) in [6, 6.07) is 15.5. The van der Waals surface area contributed by atoms with Gasteiger partial charge in [0.25, 0.3) is 0 Å². The Hall–Kier alpha value is -4.04. The maximum absolute atomic E-state index is 15.1. The molecule has 5 rings (SSSR count). The number of hydrogen-bond acceptors (Lipinski definition) is 6. The van der Waals surface area contributed by atoms with Crippen LogP contribution in [0.25, 0.3) is 0 Å². The van der Waals surface area contributed by atoms with Crippen molar-refractivity contribution in [1.82, 2.24) is 15.2 Å². The van der Waals surface area contributed by atoms with Gasteiger partial charge in [-0.25, -0.2) is 14.2 Å². The lowest BCUT2D eigenvalue weighted by atomic mass is 9.96. The Morgan fingerprint density at radius 2 is 1.98 bits per heavy atom. The van der Waals surface area contributed by atoms with E-state index in [0.29, 0.717) is 23.1 Å². The molecule has 3 amide bonds. The first-order valence-corrected chi connectivity index (χ1v) is 14.4. The number of nitrogens with zero attached hydrogens (tertiary/aromatic N) is 3. The number of ether oxygens (including phenoxy) is 1. The van der Waals surface area contributed by atoms with Crippen LogP contribution in [0.1, 0.15) is 48.9 Å². The van der Waals surface area contributed by atoms with Crippen LogP contribution in [0.5, 0.6) is 0 Å². The summed E-state index contributed by atoms with van der Waals surface area (Å²) in [6.07, 6.45) is 3.63. The minimum Gasteiger partial charge on any atom is -0.377 e. The maximum Gasteiger partial charge on any atom is 0.323 e. The molecule has 3 N–H and O–H groups in total. The molecule has 1 saturated heterocycles. The summed E-state index contributed by atoms with van der Waals surface area (Å²) in [4.78, 5) is 32.2. The predicted octanol–water partition coefficient (Wildman–Crippen LogP) is 5.48. The second kappa shape index (κ2) is 13.3. The van der Waals surface area contributed by atoms with E-state index in [1.54, 1.807) is 30.3 Å². The number of pyridine rings is 1. The van der Waals surface area contributed by atoms with E-state index >= 15 is 4.39 Å². The van der Waals surface area contributed by atoms with Crippen molar-refractivity contribution in [1.29, 1.82) is 5.26 Å². The van der Waals surface area contributed by atoms with Crippen molar-refractivity contribution in [3.8, 4) is 6.07 Å². The van der Waals surface area contributed by atoms with Gasteiger partial charge in [-0.3, -0.25) is 10.1 Å². The molecule has 3 atom stereocenters. The molecule has 2 fully saturated rings. The normalized spacial score (nSPS) is 18.8. The van der Waals surface area contributed by atoms with Gasteiger partial charge in [0, 0.05) is 25.8 Å². The number of likely N-dealkylation sites (tertiary alicyclic amines) is 1. The van der Waals surface area contributed by atoms with Gasteiger partial charge in [0.15, 0.2) is 0 Å². The molecule has 42 heavy (non-hydrogen) atoms. The summed E-state index contributed by atoms with van der Waals surface area (Å²) in [5.41, 5.74) is 2.14. The van der Waals surface area contributed by atoms with Crippen LogP contribution >= 0.6 is 11.6 Å². The number of anilines is 2. The first-order chi connectivity index (χ1) is 20.3. The van der Waals surface area contributed by atoms with Gasteiger partial charge < -0.3 is 20.3 Å². The van der Waals surface area contributed by atoms with Crippen molar-refractivity contribution < 1.29 is 18.7 Å². The first-order valence-electron chi connectivity index (χ1n) is 14.0. The summed E-state index contributed by atoms with van der Waals surface area (Å²) in [5.74, 6) is -0.250. The maximum atomic E-state index is 15.1. The molecule has 0 bridgehead atoms. The number of nitrogens with one attached hydrogen (secondary N) is 3. The zero-order chi connectivity index (χ0) is 29.6. The summed E-state index contributed by atoms with van der Waals surface area (Å²) in [5, 5.41) is 18.8. The van der Waals surface area contributed by atoms with Gasteiger partial charge in [-0.15, -0.1) is 0 Å². The highest BCUT2D eigenvalue weighted by Gasteiger charge is 2.40. The number of carbonyl (C=O) groups excluding carboxylic acids is 2. The van der Waals surface area contributed by atoms with E-state index in [-0.39, 0.29) is 36.6 Å². The zero-order valence-electron chi connectivity index (χ0n) is 23.1. The minimum absolute atomic E-state index is 0.00625. The highest BCUT2D eigenvalue weighted by molar-refractivity contribution is 6.30. The fourth-order valence-electron chi connectivity index (χ4n) is 5.11. The van der Waals surface area contributed by atoms with Gasteiger partial charge in [0.05, 0.1) is 34.5 Å². The van der Waals surface area contributed by atoms with Gasteiger partial charge in [-0.1, -0.05) is 29.8 Å². The van der Waals surface area contributed by atoms with Crippen LogP contribution in [0.3, 0.4) is 0 Å². The van der Waals surface area contributed by atoms with Crippen molar-refractivity contribution in [3.05, 3.63) is 88.3 Å². The molecule has 3 aromatic rings. The van der Waals surface area contributed by atoms with Crippen LogP contribution in [0.2, 0.25) is 5.02 Å². The number of halogens is 2. The molecular weight excluding hydrogens is 559 g/mol. The van der Waals surface area contributed by atoms with Crippen molar-refractivity contribution in [3.63, 3.8) is 0 Å². The van der Waals surface area contributed by atoms with Gasteiger partial charge in [-0.05, 0) is 79.8 Å². The summed E-state index contributed by atoms with van der Waals surface area (Å²) >= 11 is 5.89. The number of hydrogen-bond donors (Lipinski definition) is 3. The number of nitriles is 1. The molecule has 0 radical (unpaired) electrons. The average molecular weight is 591 g/mol. The van der Waals surface area contributed by atoms with Gasteiger partial charge in [0.1, 0.15) is 17.7 Å². The Balaban J connectivity index is 1.36. The molecule has 1 aliphatic carbocycles. The average Bonchev–Trinajstić information content (AvgIpc) is 3.72. The van der Waals surface area contributed by atoms with Crippen LogP contribution in [-0.4, -0.2) is 53.7 Å². The Morgan fingerprint density at radius 1 is 1.17 bits per heavy atom. The quantitative estimate of drug-likeness (QED) is 0.287. The molecule has 0 unspecified atom stereocenters. The van der Waals surface area contributed by atoms with Gasteiger partial charge >= 0.3 is 6.03 Å². The van der Waals surface area contributed by atoms with E-state index in [1.807, 2.05) is 25.1 Å². The third-order valence-corrected chi connectivity index (χ3v) is 7.65. The van der Waals surface area contributed by atoms with Gasteiger partial charge in [0.2, 0.25) is 5.91 Å². The molecule has 9 nitrogen and oxygen atoms in total. The number of carbonyl (C=O) groups is 2. The van der Waals surface area contributed by atoms with E-state index in [2.05, 4.69) is 27.0 Å². The first kappa shape index (κ1) is 29.5. The van der Waals surface area contributed by atoms with E-state index in [1.165, 1.54) is 17.2 Å². The lowest BCUT2D eigenvalue weighted by Gasteiger charge is -2.24. The zero-order valence-corrected chi connectivity index (χ0v) is 23.9. The Kier molecular flexibility index (Phi) is 9.32. The molecule has 1 aromatic heterocycles. The van der Waals surface area contributed by atoms with Gasteiger partial charge in [-0.2, -0.15) is 5.26 Å². The lowest BCUT2D eigenvalue weighted by molar-refractivity contribution is -0.119. The molecule has 1 aliphatic heterocycles. The number of urea groups is 1. The summed E-state index contributed by atoms with van der Waals surface area (Å²) < 4.78 is 20.8. The largest absolute Gasteiger partial charge is 0.377 e. The Morgan fingerprint density at radius 3 is 2.69 bits per heavy atom. The third-order valence-electron chi connectivity index (χ3n) is 7.43. The molecule has 1 saturated carbocycles. The second-order valence-corrected chi connectivity index (χ2v) is 11.0. The summed E-state index contributed by atoms with van der Waals surface area (Å²) in [7, 11) is 0. The Bertz CT molecular complexity index is 1480. The smallest absolute Gasteiger partial charge is 0.323 e. The van der Waals surface area contributed by atoms with Crippen molar-refractivity contribution in [2.75, 3.05) is 30.3 Å². The van der Waals surface area contributed by atoms with E-state index in [0.717, 1.165) is 30.5 Å². The molecule has 11 heteroatoms. The summed E-state index contributed by atoms with van der Waals surface area (Å²) in [6.45, 7) is 3.24. The molecular formula is C31H32ClFN6O3. The Labute approximate surface area is 249 Å². The van der Waals surface area contributed by atoms with Crippen LogP contribution in [0, 0.1) is 23.1 Å². The standard InChI is InChI=1S/C31H32ClFN6O3/c1-2-42-24-14-27(39(18-24)31(41)38-28-11-9-23(32)17-35-28)30(40)37-26-13-22(8-10-25(26)33)29(36-16-19-6-7-19)21-5-3-4-20(12-21)15-34/h3-5,8-13,17,19,24,27,29,36H,2,6-7,14,16,18H2,1H3,(H,37,40)(H,35,38,41)/t24-,27-,29-/m1/s1. The highest BCUT2D eigenvalue weighted by atomic mass is 35.5. The second-order valence-electron chi connectivity index (χ2n) is 10.5. The monoisotopic (exact) mass is 590 g/mol. The van der Waals surface area contributed by atoms with Crippen LogP contribution < -0.4 is 16.0 Å². The third kappa shape index (κ3) is 7.23. The van der Waals surface area contributed by atoms with E-state index < -0.39 is 23.8 Å². The van der Waals surface area contributed by atoms with Crippen molar-refractivity contribution >= 4 is 35.0 Å².